The number of alkyl halides is 2. The van der Waals surface area contributed by atoms with Crippen molar-refractivity contribution in [2.24, 2.45) is 0 Å². The Morgan fingerprint density at radius 2 is 2.10 bits per heavy atom. The topological polar surface area (TPSA) is 25.8 Å². The summed E-state index contributed by atoms with van der Waals surface area (Å²) >= 11 is 2.76. The molecule has 0 saturated heterocycles. The number of aromatic nitrogens is 2. The van der Waals surface area contributed by atoms with Gasteiger partial charge >= 0.3 is 0 Å². The molecule has 1 rings (SSSR count). The van der Waals surface area contributed by atoms with Gasteiger partial charge in [0.2, 0.25) is 0 Å². The van der Waals surface area contributed by atoms with Gasteiger partial charge in [-0.1, -0.05) is 11.3 Å². The highest BCUT2D eigenvalue weighted by molar-refractivity contribution is 14.1. The first kappa shape index (κ1) is 8.25. The molecular weight excluding hydrogens is 273 g/mol. The molecule has 0 spiro atoms. The zero-order valence-electron chi connectivity index (χ0n) is 4.94. The van der Waals surface area contributed by atoms with Crippen molar-refractivity contribution in [1.82, 2.24) is 10.2 Å². The third-order valence-electron chi connectivity index (χ3n) is 0.776. The Kier molecular flexibility index (Phi) is 2.18. The van der Waals surface area contributed by atoms with Gasteiger partial charge in [0.25, 0.3) is 5.92 Å². The molecule has 2 nitrogen and oxygen atoms in total. The highest BCUT2D eigenvalue weighted by Crippen LogP contribution is 2.29. The smallest absolute Gasteiger partial charge is 0.199 e. The number of rotatable bonds is 1. The van der Waals surface area contributed by atoms with E-state index in [2.05, 4.69) is 10.2 Å². The van der Waals surface area contributed by atoms with Crippen molar-refractivity contribution in [3.05, 3.63) is 8.02 Å². The molecular formula is C4H3F2IN2S. The van der Waals surface area contributed by atoms with Gasteiger partial charge in [-0.25, -0.2) is 0 Å². The first-order valence-corrected chi connectivity index (χ1v) is 4.27. The van der Waals surface area contributed by atoms with Gasteiger partial charge in [0.15, 0.2) is 8.02 Å². The van der Waals surface area contributed by atoms with Crippen molar-refractivity contribution in [2.45, 2.75) is 12.8 Å². The van der Waals surface area contributed by atoms with Gasteiger partial charge in [-0.05, 0) is 22.6 Å². The molecule has 0 unspecified atom stereocenters. The first-order valence-electron chi connectivity index (χ1n) is 2.37. The van der Waals surface area contributed by atoms with Gasteiger partial charge in [-0.2, -0.15) is 8.78 Å². The SMILES string of the molecule is CC(F)(F)c1nnc(I)s1. The number of hydrogen-bond donors (Lipinski definition) is 0. The maximum atomic E-state index is 12.4. The van der Waals surface area contributed by atoms with Crippen molar-refractivity contribution in [1.29, 1.82) is 0 Å². The lowest BCUT2D eigenvalue weighted by atomic mass is 10.4. The molecule has 6 heteroatoms. The van der Waals surface area contributed by atoms with E-state index in [1.807, 2.05) is 22.6 Å². The highest BCUT2D eigenvalue weighted by atomic mass is 127. The molecule has 0 atom stereocenters. The van der Waals surface area contributed by atoms with Gasteiger partial charge in [-0.15, -0.1) is 10.2 Å². The van der Waals surface area contributed by atoms with Gasteiger partial charge in [0.1, 0.15) is 0 Å². The van der Waals surface area contributed by atoms with Crippen LogP contribution in [0.4, 0.5) is 8.78 Å². The fourth-order valence-corrected chi connectivity index (χ4v) is 1.62. The Balaban J connectivity index is 2.96. The molecule has 0 aliphatic rings. The predicted octanol–water partition coefficient (Wildman–Crippen LogP) is 2.25. The molecule has 0 bridgehead atoms. The minimum absolute atomic E-state index is 0.225. The molecule has 0 amide bonds. The van der Waals surface area contributed by atoms with Crippen LogP contribution < -0.4 is 0 Å². The largest absolute Gasteiger partial charge is 0.298 e. The van der Waals surface area contributed by atoms with Crippen molar-refractivity contribution in [3.63, 3.8) is 0 Å². The van der Waals surface area contributed by atoms with Crippen LogP contribution in [0.2, 0.25) is 0 Å². The van der Waals surface area contributed by atoms with E-state index in [0.717, 1.165) is 18.3 Å². The summed E-state index contributed by atoms with van der Waals surface area (Å²) in [4.78, 5) is 0. The van der Waals surface area contributed by atoms with Crippen LogP contribution in [0.3, 0.4) is 0 Å². The molecule has 0 saturated carbocycles. The van der Waals surface area contributed by atoms with E-state index in [4.69, 9.17) is 0 Å². The van der Waals surface area contributed by atoms with Crippen LogP contribution in [-0.2, 0) is 5.92 Å². The average Bonchev–Trinajstić information content (AvgIpc) is 2.11. The van der Waals surface area contributed by atoms with E-state index in [9.17, 15) is 8.78 Å². The van der Waals surface area contributed by atoms with Crippen LogP contribution in [0.15, 0.2) is 0 Å². The minimum atomic E-state index is -2.85. The van der Waals surface area contributed by atoms with Crippen LogP contribution in [0.25, 0.3) is 0 Å². The number of hydrogen-bond acceptors (Lipinski definition) is 3. The predicted molar refractivity (Wildman–Crippen MR) is 42.2 cm³/mol. The van der Waals surface area contributed by atoms with Crippen LogP contribution in [0.1, 0.15) is 11.9 Å². The molecule has 1 aromatic heterocycles. The van der Waals surface area contributed by atoms with Crippen molar-refractivity contribution in [3.8, 4) is 0 Å². The van der Waals surface area contributed by atoms with Gasteiger partial charge < -0.3 is 0 Å². The lowest BCUT2D eigenvalue weighted by molar-refractivity contribution is 0.0165. The van der Waals surface area contributed by atoms with Crippen molar-refractivity contribution >= 4 is 33.9 Å². The molecule has 56 valence electrons. The Morgan fingerprint density at radius 3 is 2.30 bits per heavy atom. The summed E-state index contributed by atoms with van der Waals surface area (Å²) in [7, 11) is 0. The number of nitrogens with zero attached hydrogens (tertiary/aromatic N) is 2. The molecule has 1 heterocycles. The Morgan fingerprint density at radius 1 is 1.50 bits per heavy atom. The third-order valence-corrected chi connectivity index (χ3v) is 2.54. The van der Waals surface area contributed by atoms with Crippen LogP contribution in [0, 0.1) is 3.01 Å². The maximum Gasteiger partial charge on any atom is 0.298 e. The zero-order chi connectivity index (χ0) is 7.78. The Hall–Kier alpha value is 0.150. The molecule has 0 radical (unpaired) electrons. The Labute approximate surface area is 73.8 Å². The fourth-order valence-electron chi connectivity index (χ4n) is 0.383. The van der Waals surface area contributed by atoms with Gasteiger partial charge in [0.05, 0.1) is 0 Å². The normalized spacial score (nSPS) is 12.0. The third kappa shape index (κ3) is 1.82. The average molecular weight is 276 g/mol. The maximum absolute atomic E-state index is 12.4. The molecule has 0 aromatic carbocycles. The quantitative estimate of drug-likeness (QED) is 0.735. The van der Waals surface area contributed by atoms with E-state index in [1.165, 1.54) is 0 Å². The minimum Gasteiger partial charge on any atom is -0.199 e. The lowest BCUT2D eigenvalue weighted by Crippen LogP contribution is -2.05. The summed E-state index contributed by atoms with van der Waals surface area (Å²) < 4.78 is 25.3. The van der Waals surface area contributed by atoms with E-state index in [0.29, 0.717) is 3.01 Å². The first-order chi connectivity index (χ1) is 4.50. The summed E-state index contributed by atoms with van der Waals surface area (Å²) in [5, 5.41) is 6.53. The lowest BCUT2D eigenvalue weighted by Gasteiger charge is -2.01. The highest BCUT2D eigenvalue weighted by Gasteiger charge is 2.28. The summed E-state index contributed by atoms with van der Waals surface area (Å²) in [6, 6.07) is 0. The molecule has 1 aromatic rings. The fraction of sp³-hybridized carbons (Fsp3) is 0.500. The van der Waals surface area contributed by atoms with E-state index < -0.39 is 5.92 Å². The molecule has 0 aliphatic carbocycles. The van der Waals surface area contributed by atoms with E-state index in [1.54, 1.807) is 0 Å². The van der Waals surface area contributed by atoms with E-state index in [-0.39, 0.29) is 5.01 Å². The molecule has 0 N–H and O–H groups in total. The summed E-state index contributed by atoms with van der Waals surface area (Å²) in [5.41, 5.74) is 0. The summed E-state index contributed by atoms with van der Waals surface area (Å²) in [6.07, 6.45) is 0. The van der Waals surface area contributed by atoms with E-state index >= 15 is 0 Å². The Bertz CT molecular complexity index is 231. The van der Waals surface area contributed by atoms with Crippen LogP contribution in [0.5, 0.6) is 0 Å². The number of halogens is 3. The molecule has 0 fully saturated rings. The van der Waals surface area contributed by atoms with Gasteiger partial charge in [0, 0.05) is 6.92 Å². The van der Waals surface area contributed by atoms with Crippen LogP contribution >= 0.6 is 33.9 Å². The second-order valence-corrected chi connectivity index (χ2v) is 4.48. The molecule has 0 aliphatic heterocycles. The summed E-state index contributed by atoms with van der Waals surface area (Å²) in [6.45, 7) is 0.809. The second-order valence-electron chi connectivity index (χ2n) is 1.75. The molecule has 10 heavy (non-hydrogen) atoms. The second kappa shape index (κ2) is 2.65. The monoisotopic (exact) mass is 276 g/mol. The van der Waals surface area contributed by atoms with Crippen molar-refractivity contribution in [2.75, 3.05) is 0 Å². The van der Waals surface area contributed by atoms with Crippen molar-refractivity contribution < 1.29 is 8.78 Å². The zero-order valence-corrected chi connectivity index (χ0v) is 7.91. The van der Waals surface area contributed by atoms with Gasteiger partial charge in [-0.3, -0.25) is 0 Å². The summed E-state index contributed by atoms with van der Waals surface area (Å²) in [5.74, 6) is -2.85. The van der Waals surface area contributed by atoms with Crippen LogP contribution in [-0.4, -0.2) is 10.2 Å². The standard InChI is InChI=1S/C4H3F2IN2S/c1-4(5,6)2-8-9-3(7)10-2/h1H3.